The molecule has 2 aliphatic heterocycles. The summed E-state index contributed by atoms with van der Waals surface area (Å²) in [6, 6.07) is -0.368. The van der Waals surface area contributed by atoms with E-state index in [0.29, 0.717) is 26.2 Å². The summed E-state index contributed by atoms with van der Waals surface area (Å²) in [7, 11) is 0. The zero-order valence-electron chi connectivity index (χ0n) is 13.7. The van der Waals surface area contributed by atoms with Gasteiger partial charge in [-0.25, -0.2) is 0 Å². The maximum absolute atomic E-state index is 12.7. The molecule has 2 rings (SSSR count). The van der Waals surface area contributed by atoms with Gasteiger partial charge in [0.1, 0.15) is 0 Å². The van der Waals surface area contributed by atoms with E-state index in [2.05, 4.69) is 20.4 Å². The van der Waals surface area contributed by atoms with Crippen LogP contribution in [0.4, 0.5) is 0 Å². The molecule has 7 heteroatoms. The fourth-order valence-corrected chi connectivity index (χ4v) is 3.32. The van der Waals surface area contributed by atoms with Crippen molar-refractivity contribution in [2.24, 2.45) is 0 Å². The second-order valence-corrected chi connectivity index (χ2v) is 6.63. The molecule has 128 valence electrons. The molecule has 2 aliphatic rings. The Morgan fingerprint density at radius 2 is 1.41 bits per heavy atom. The minimum absolute atomic E-state index is 0.184. The Hall–Kier alpha value is -0.570. The number of aliphatic hydroxyl groups is 2. The van der Waals surface area contributed by atoms with Crippen molar-refractivity contribution in [2.45, 2.75) is 38.1 Å². The highest BCUT2D eigenvalue weighted by Gasteiger charge is 2.33. The van der Waals surface area contributed by atoms with Gasteiger partial charge in [0, 0.05) is 52.4 Å². The van der Waals surface area contributed by atoms with E-state index in [1.165, 1.54) is 0 Å². The predicted octanol–water partition coefficient (Wildman–Crippen LogP) is -2.14. The fraction of sp³-hybridized carbons (Fsp3) is 0.933. The number of rotatable bonds is 6. The van der Waals surface area contributed by atoms with Crippen LogP contribution in [0, 0.1) is 0 Å². The van der Waals surface area contributed by atoms with Gasteiger partial charge in [-0.15, -0.1) is 0 Å². The van der Waals surface area contributed by atoms with E-state index >= 15 is 0 Å². The van der Waals surface area contributed by atoms with Crippen LogP contribution >= 0.6 is 0 Å². The number of hydrogen-bond donors (Lipinski definition) is 4. The molecule has 0 bridgehead atoms. The zero-order chi connectivity index (χ0) is 16.1. The topological polar surface area (TPSA) is 88.1 Å². The van der Waals surface area contributed by atoms with Crippen LogP contribution in [0.2, 0.25) is 0 Å². The van der Waals surface area contributed by atoms with Crippen molar-refractivity contribution in [3.8, 4) is 0 Å². The zero-order valence-corrected chi connectivity index (χ0v) is 13.7. The standard InChI is InChI=1S/C15H30N4O3/c1-11(20)7-18-5-3-16-13(9-18)15(22)14-10-19(6-4-17-14)8-12(2)21/h11-14,16-17,20-21H,3-10H2,1-2H3. The number of nitrogens with one attached hydrogen (secondary N) is 2. The first-order valence-corrected chi connectivity index (χ1v) is 8.27. The first-order valence-electron chi connectivity index (χ1n) is 8.27. The molecule has 0 amide bonds. The van der Waals surface area contributed by atoms with Crippen molar-refractivity contribution >= 4 is 5.78 Å². The molecule has 2 fully saturated rings. The highest BCUT2D eigenvalue weighted by atomic mass is 16.3. The molecule has 7 nitrogen and oxygen atoms in total. The summed E-state index contributed by atoms with van der Waals surface area (Å²) in [6.45, 7) is 9.33. The maximum Gasteiger partial charge on any atom is 0.169 e. The summed E-state index contributed by atoms with van der Waals surface area (Å²) in [5, 5.41) is 25.6. The number of nitrogens with zero attached hydrogens (tertiary/aromatic N) is 2. The normalized spacial score (nSPS) is 30.9. The van der Waals surface area contributed by atoms with Gasteiger partial charge in [-0.3, -0.25) is 14.6 Å². The van der Waals surface area contributed by atoms with Crippen LogP contribution in [0.15, 0.2) is 0 Å². The van der Waals surface area contributed by atoms with Crippen molar-refractivity contribution in [1.82, 2.24) is 20.4 Å². The Balaban J connectivity index is 1.87. The molecule has 2 heterocycles. The molecule has 0 aromatic carbocycles. The van der Waals surface area contributed by atoms with Crippen molar-refractivity contribution in [1.29, 1.82) is 0 Å². The first kappa shape index (κ1) is 17.8. The smallest absolute Gasteiger partial charge is 0.169 e. The van der Waals surface area contributed by atoms with Gasteiger partial charge in [0.2, 0.25) is 0 Å². The molecular weight excluding hydrogens is 284 g/mol. The highest BCUT2D eigenvalue weighted by Crippen LogP contribution is 2.08. The lowest BCUT2D eigenvalue weighted by atomic mass is 10.0. The average Bonchev–Trinajstić information content (AvgIpc) is 2.45. The van der Waals surface area contributed by atoms with E-state index in [1.54, 1.807) is 13.8 Å². The number of ketones is 1. The van der Waals surface area contributed by atoms with Crippen LogP contribution in [0.1, 0.15) is 13.8 Å². The van der Waals surface area contributed by atoms with Crippen LogP contribution in [-0.2, 0) is 4.79 Å². The number of Topliss-reactive ketones (excluding diaryl/α,β-unsaturated/α-hetero) is 1. The molecule has 22 heavy (non-hydrogen) atoms. The molecule has 0 aromatic heterocycles. The molecule has 0 saturated carbocycles. The van der Waals surface area contributed by atoms with E-state index in [4.69, 9.17) is 0 Å². The molecule has 0 aromatic rings. The monoisotopic (exact) mass is 314 g/mol. The number of carbonyl (C=O) groups is 1. The molecule has 0 spiro atoms. The third kappa shape index (κ3) is 5.26. The quantitative estimate of drug-likeness (QED) is 0.445. The lowest BCUT2D eigenvalue weighted by molar-refractivity contribution is -0.125. The van der Waals surface area contributed by atoms with Crippen molar-refractivity contribution in [3.05, 3.63) is 0 Å². The molecule has 0 aliphatic carbocycles. The number of hydrogen-bond acceptors (Lipinski definition) is 7. The van der Waals surface area contributed by atoms with Gasteiger partial charge in [-0.05, 0) is 13.8 Å². The second-order valence-electron chi connectivity index (χ2n) is 6.63. The minimum Gasteiger partial charge on any atom is -0.392 e. The number of carbonyl (C=O) groups excluding carboxylic acids is 1. The van der Waals surface area contributed by atoms with Gasteiger partial charge in [-0.1, -0.05) is 0 Å². The van der Waals surface area contributed by atoms with Crippen LogP contribution in [0.25, 0.3) is 0 Å². The highest BCUT2D eigenvalue weighted by molar-refractivity contribution is 5.89. The van der Waals surface area contributed by atoms with Gasteiger partial charge in [0.25, 0.3) is 0 Å². The summed E-state index contributed by atoms with van der Waals surface area (Å²) >= 11 is 0. The van der Waals surface area contributed by atoms with E-state index in [0.717, 1.165) is 26.2 Å². The summed E-state index contributed by atoms with van der Waals surface area (Å²) in [6.07, 6.45) is -0.744. The van der Waals surface area contributed by atoms with Gasteiger partial charge in [0.15, 0.2) is 5.78 Å². The van der Waals surface area contributed by atoms with Crippen molar-refractivity contribution in [3.63, 3.8) is 0 Å². The average molecular weight is 314 g/mol. The summed E-state index contributed by atoms with van der Waals surface area (Å²) < 4.78 is 0. The van der Waals surface area contributed by atoms with Crippen LogP contribution < -0.4 is 10.6 Å². The predicted molar refractivity (Wildman–Crippen MR) is 84.8 cm³/mol. The Morgan fingerprint density at radius 3 is 1.77 bits per heavy atom. The molecular formula is C15H30N4O3. The molecule has 4 N–H and O–H groups in total. The Labute approximate surface area is 132 Å². The van der Waals surface area contributed by atoms with E-state index in [1.807, 2.05) is 0 Å². The van der Waals surface area contributed by atoms with Gasteiger partial charge >= 0.3 is 0 Å². The van der Waals surface area contributed by atoms with Gasteiger partial charge < -0.3 is 20.8 Å². The Kier molecular flexibility index (Phi) is 6.73. The van der Waals surface area contributed by atoms with Crippen molar-refractivity contribution < 1.29 is 15.0 Å². The maximum atomic E-state index is 12.7. The molecule has 4 unspecified atom stereocenters. The number of piperazine rings is 2. The van der Waals surface area contributed by atoms with Crippen LogP contribution in [0.5, 0.6) is 0 Å². The number of aliphatic hydroxyl groups excluding tert-OH is 2. The lowest BCUT2D eigenvalue weighted by Crippen LogP contribution is -2.63. The largest absolute Gasteiger partial charge is 0.392 e. The molecule has 2 saturated heterocycles. The summed E-state index contributed by atoms with van der Waals surface area (Å²) in [5.41, 5.74) is 0. The van der Waals surface area contributed by atoms with Crippen LogP contribution in [-0.4, -0.2) is 102 Å². The summed E-state index contributed by atoms with van der Waals surface area (Å²) in [4.78, 5) is 17.0. The van der Waals surface area contributed by atoms with E-state index in [-0.39, 0.29) is 30.1 Å². The van der Waals surface area contributed by atoms with Crippen LogP contribution in [0.3, 0.4) is 0 Å². The van der Waals surface area contributed by atoms with E-state index in [9.17, 15) is 15.0 Å². The van der Waals surface area contributed by atoms with E-state index < -0.39 is 0 Å². The minimum atomic E-state index is -0.372. The molecule has 0 radical (unpaired) electrons. The lowest BCUT2D eigenvalue weighted by Gasteiger charge is -2.38. The van der Waals surface area contributed by atoms with Crippen molar-refractivity contribution in [2.75, 3.05) is 52.4 Å². The van der Waals surface area contributed by atoms with Gasteiger partial charge in [0.05, 0.1) is 24.3 Å². The number of β-amino-alcohol motifs (C(OH)–C–C–N with tert-alkyl or cyclic N) is 2. The fourth-order valence-electron chi connectivity index (χ4n) is 3.32. The summed E-state index contributed by atoms with van der Waals surface area (Å²) in [5.74, 6) is 0.186. The third-order valence-corrected chi connectivity index (χ3v) is 4.25. The first-order chi connectivity index (χ1) is 10.5. The SMILES string of the molecule is CC(O)CN1CCNC(C(=O)C2CN(CC(C)O)CCN2)C1. The third-order valence-electron chi connectivity index (χ3n) is 4.25. The Bertz CT molecular complexity index is 333. The van der Waals surface area contributed by atoms with Gasteiger partial charge in [-0.2, -0.15) is 0 Å². The Morgan fingerprint density at radius 1 is 1.00 bits per heavy atom. The molecule has 4 atom stereocenters. The second kappa shape index (κ2) is 8.33.